The van der Waals surface area contributed by atoms with Crippen molar-refractivity contribution in [3.8, 4) is 11.6 Å². The fourth-order valence-corrected chi connectivity index (χ4v) is 2.39. The van der Waals surface area contributed by atoms with Crippen molar-refractivity contribution in [1.82, 2.24) is 10.3 Å². The van der Waals surface area contributed by atoms with Crippen LogP contribution < -0.4 is 10.1 Å². The molecule has 1 aromatic carbocycles. The molecule has 0 radical (unpaired) electrons. The molecule has 1 aromatic heterocycles. The van der Waals surface area contributed by atoms with Crippen LogP contribution >= 0.6 is 0 Å². The van der Waals surface area contributed by atoms with Crippen molar-refractivity contribution in [1.29, 1.82) is 0 Å². The molecule has 0 unspecified atom stereocenters. The molecule has 1 aliphatic carbocycles. The maximum atomic E-state index is 11.4. The molecular weight excluding hydrogens is 264 g/mol. The number of hydrogen-bond donors (Lipinski definition) is 1. The lowest BCUT2D eigenvalue weighted by atomic mass is 9.80. The van der Waals surface area contributed by atoms with E-state index in [-0.39, 0.29) is 5.91 Å². The van der Waals surface area contributed by atoms with E-state index >= 15 is 0 Å². The van der Waals surface area contributed by atoms with E-state index in [4.69, 9.17) is 4.74 Å². The third-order valence-corrected chi connectivity index (χ3v) is 3.90. The molecule has 1 aliphatic rings. The molecule has 4 heteroatoms. The summed E-state index contributed by atoms with van der Waals surface area (Å²) in [5.74, 6) is 1.82. The highest BCUT2D eigenvalue weighted by atomic mass is 16.5. The molecule has 21 heavy (non-hydrogen) atoms. The molecule has 108 valence electrons. The van der Waals surface area contributed by atoms with E-state index in [9.17, 15) is 4.79 Å². The van der Waals surface area contributed by atoms with E-state index in [1.54, 1.807) is 19.2 Å². The molecule has 1 heterocycles. The number of carbonyl (C=O) groups excluding carboxylic acids is 1. The van der Waals surface area contributed by atoms with Gasteiger partial charge < -0.3 is 10.1 Å². The van der Waals surface area contributed by atoms with Gasteiger partial charge in [0.25, 0.3) is 5.91 Å². The van der Waals surface area contributed by atoms with Crippen molar-refractivity contribution in [2.24, 2.45) is 0 Å². The summed E-state index contributed by atoms with van der Waals surface area (Å²) in [5, 5.41) is 2.56. The summed E-state index contributed by atoms with van der Waals surface area (Å²) in [6.45, 7) is 0. The predicted octanol–water partition coefficient (Wildman–Crippen LogP) is 3.50. The molecule has 1 amide bonds. The Morgan fingerprint density at radius 2 is 1.95 bits per heavy atom. The van der Waals surface area contributed by atoms with Crippen LogP contribution in [0.5, 0.6) is 11.6 Å². The lowest BCUT2D eigenvalue weighted by Crippen LogP contribution is -2.17. The lowest BCUT2D eigenvalue weighted by Gasteiger charge is -2.25. The molecule has 0 spiro atoms. The van der Waals surface area contributed by atoms with Gasteiger partial charge in [-0.15, -0.1) is 0 Å². The summed E-state index contributed by atoms with van der Waals surface area (Å²) in [6, 6.07) is 11.6. The maximum absolute atomic E-state index is 11.4. The summed E-state index contributed by atoms with van der Waals surface area (Å²) in [5.41, 5.74) is 1.90. The Balaban J connectivity index is 1.66. The van der Waals surface area contributed by atoms with E-state index in [2.05, 4.69) is 22.4 Å². The van der Waals surface area contributed by atoms with Gasteiger partial charge in [-0.2, -0.15) is 0 Å². The third kappa shape index (κ3) is 3.05. The van der Waals surface area contributed by atoms with Crippen LogP contribution in [0.15, 0.2) is 42.6 Å². The van der Waals surface area contributed by atoms with E-state index < -0.39 is 0 Å². The van der Waals surface area contributed by atoms with Crippen molar-refractivity contribution in [3.63, 3.8) is 0 Å². The number of rotatable bonds is 4. The van der Waals surface area contributed by atoms with Crippen LogP contribution in [-0.2, 0) is 0 Å². The molecule has 0 aliphatic heterocycles. The third-order valence-electron chi connectivity index (χ3n) is 3.90. The van der Waals surface area contributed by atoms with Crippen LogP contribution in [0, 0.1) is 0 Å². The molecule has 1 saturated carbocycles. The normalized spacial score (nSPS) is 14.3. The summed E-state index contributed by atoms with van der Waals surface area (Å²) >= 11 is 0. The minimum atomic E-state index is -0.154. The highest BCUT2D eigenvalue weighted by Gasteiger charge is 2.19. The molecule has 1 N–H and O–H groups in total. The molecule has 0 bridgehead atoms. The molecular formula is C17H18N2O2. The Bertz CT molecular complexity index is 616. The first-order valence-corrected chi connectivity index (χ1v) is 7.22. The highest BCUT2D eigenvalue weighted by molar-refractivity contribution is 5.93. The Morgan fingerprint density at radius 3 is 2.48 bits per heavy atom. The second-order valence-electron chi connectivity index (χ2n) is 5.26. The maximum Gasteiger partial charge on any atom is 0.252 e. The van der Waals surface area contributed by atoms with Gasteiger partial charge in [-0.3, -0.25) is 4.79 Å². The molecule has 0 atom stereocenters. The van der Waals surface area contributed by atoms with Gasteiger partial charge in [0.05, 0.1) is 5.56 Å². The number of aromatic nitrogens is 1. The van der Waals surface area contributed by atoms with Gasteiger partial charge in [0.1, 0.15) is 5.75 Å². The van der Waals surface area contributed by atoms with Crippen LogP contribution in [0.2, 0.25) is 0 Å². The first-order chi connectivity index (χ1) is 10.3. The number of carbonyl (C=O) groups is 1. The molecule has 3 rings (SSSR count). The zero-order valence-electron chi connectivity index (χ0n) is 12.0. The fraction of sp³-hybridized carbons (Fsp3) is 0.294. The number of amides is 1. The van der Waals surface area contributed by atoms with Crippen LogP contribution in [0.4, 0.5) is 0 Å². The second kappa shape index (κ2) is 5.95. The SMILES string of the molecule is CNC(=O)c1ccc(Oc2ccc(C3CCC3)cc2)nc1. The Hall–Kier alpha value is -2.36. The Labute approximate surface area is 124 Å². The zero-order valence-corrected chi connectivity index (χ0v) is 12.0. The van der Waals surface area contributed by atoms with Crippen molar-refractivity contribution >= 4 is 5.91 Å². The minimum Gasteiger partial charge on any atom is -0.439 e. The van der Waals surface area contributed by atoms with Crippen molar-refractivity contribution in [3.05, 3.63) is 53.7 Å². The number of ether oxygens (including phenoxy) is 1. The monoisotopic (exact) mass is 282 g/mol. The first-order valence-electron chi connectivity index (χ1n) is 7.22. The summed E-state index contributed by atoms with van der Waals surface area (Å²) < 4.78 is 5.69. The highest BCUT2D eigenvalue weighted by Crippen LogP contribution is 2.37. The van der Waals surface area contributed by atoms with Crippen LogP contribution in [-0.4, -0.2) is 17.9 Å². The fourth-order valence-electron chi connectivity index (χ4n) is 2.39. The molecule has 1 fully saturated rings. The Morgan fingerprint density at radius 1 is 1.19 bits per heavy atom. The van der Waals surface area contributed by atoms with Gasteiger partial charge in [-0.05, 0) is 42.5 Å². The average Bonchev–Trinajstić information content (AvgIpc) is 2.47. The quantitative estimate of drug-likeness (QED) is 0.933. The molecule has 0 saturated heterocycles. The zero-order chi connectivity index (χ0) is 14.7. The molecule has 4 nitrogen and oxygen atoms in total. The van der Waals surface area contributed by atoms with Crippen LogP contribution in [0.25, 0.3) is 0 Å². The number of pyridine rings is 1. The number of nitrogens with one attached hydrogen (secondary N) is 1. The second-order valence-corrected chi connectivity index (χ2v) is 5.26. The predicted molar refractivity (Wildman–Crippen MR) is 80.7 cm³/mol. The van der Waals surface area contributed by atoms with Gasteiger partial charge >= 0.3 is 0 Å². The van der Waals surface area contributed by atoms with Gasteiger partial charge in [0.2, 0.25) is 5.88 Å². The average molecular weight is 282 g/mol. The van der Waals surface area contributed by atoms with E-state index in [0.717, 1.165) is 11.7 Å². The lowest BCUT2D eigenvalue weighted by molar-refractivity contribution is 0.0962. The summed E-state index contributed by atoms with van der Waals surface area (Å²) in [7, 11) is 1.59. The van der Waals surface area contributed by atoms with E-state index in [0.29, 0.717) is 11.4 Å². The summed E-state index contributed by atoms with van der Waals surface area (Å²) in [4.78, 5) is 15.6. The summed E-state index contributed by atoms with van der Waals surface area (Å²) in [6.07, 6.45) is 5.44. The van der Waals surface area contributed by atoms with Gasteiger partial charge in [0.15, 0.2) is 0 Å². The minimum absolute atomic E-state index is 0.154. The van der Waals surface area contributed by atoms with Crippen LogP contribution in [0.1, 0.15) is 41.1 Å². The van der Waals surface area contributed by atoms with Crippen molar-refractivity contribution in [2.45, 2.75) is 25.2 Å². The topological polar surface area (TPSA) is 51.2 Å². The van der Waals surface area contributed by atoms with Crippen LogP contribution in [0.3, 0.4) is 0 Å². The van der Waals surface area contributed by atoms with Crippen molar-refractivity contribution in [2.75, 3.05) is 7.05 Å². The smallest absolute Gasteiger partial charge is 0.252 e. The number of hydrogen-bond acceptors (Lipinski definition) is 3. The standard InChI is InChI=1S/C17H18N2O2/c1-18-17(20)14-7-10-16(19-11-14)21-15-8-5-13(6-9-15)12-3-2-4-12/h5-12H,2-4H2,1H3,(H,18,20). The van der Waals surface area contributed by atoms with E-state index in [1.807, 2.05) is 12.1 Å². The van der Waals surface area contributed by atoms with Crippen molar-refractivity contribution < 1.29 is 9.53 Å². The number of nitrogens with zero attached hydrogens (tertiary/aromatic N) is 1. The largest absolute Gasteiger partial charge is 0.439 e. The first kappa shape index (κ1) is 13.6. The Kier molecular flexibility index (Phi) is 3.86. The van der Waals surface area contributed by atoms with Gasteiger partial charge in [0, 0.05) is 19.3 Å². The van der Waals surface area contributed by atoms with Gasteiger partial charge in [-0.1, -0.05) is 18.6 Å². The molecule has 2 aromatic rings. The van der Waals surface area contributed by atoms with E-state index in [1.165, 1.54) is 31.0 Å². The number of benzene rings is 1. The van der Waals surface area contributed by atoms with Gasteiger partial charge in [-0.25, -0.2) is 4.98 Å².